The normalized spacial score (nSPS) is 18.1. The van der Waals surface area contributed by atoms with Crippen molar-refractivity contribution in [3.63, 3.8) is 0 Å². The molecular weight excluding hydrogens is 298 g/mol. The lowest BCUT2D eigenvalue weighted by Gasteiger charge is -2.16. The van der Waals surface area contributed by atoms with Gasteiger partial charge in [0, 0.05) is 10.2 Å². The number of nitrogens with two attached hydrogens (primary N) is 1. The van der Waals surface area contributed by atoms with Crippen molar-refractivity contribution < 1.29 is 9.59 Å². The second-order valence-corrected chi connectivity index (χ2v) is 5.65. The van der Waals surface area contributed by atoms with Gasteiger partial charge in [0.1, 0.15) is 5.54 Å². The van der Waals surface area contributed by atoms with Crippen LogP contribution in [0.5, 0.6) is 0 Å². The molecule has 1 aromatic rings. The number of benzene rings is 1. The molecule has 2 rings (SSSR count). The van der Waals surface area contributed by atoms with Gasteiger partial charge in [0.05, 0.1) is 6.54 Å². The molecule has 0 unspecified atom stereocenters. The highest BCUT2D eigenvalue weighted by Gasteiger charge is 2.44. The van der Waals surface area contributed by atoms with Crippen LogP contribution in [-0.4, -0.2) is 22.4 Å². The zero-order chi connectivity index (χ0) is 13.5. The highest BCUT2D eigenvalue weighted by atomic mass is 79.9. The number of urea groups is 1. The van der Waals surface area contributed by atoms with Crippen LogP contribution in [0.25, 0.3) is 0 Å². The second kappa shape index (κ2) is 4.28. The summed E-state index contributed by atoms with van der Waals surface area (Å²) in [6.45, 7) is 3.60. The number of rotatable bonds is 2. The van der Waals surface area contributed by atoms with Gasteiger partial charge in [-0.2, -0.15) is 0 Å². The Morgan fingerprint density at radius 1 is 1.39 bits per heavy atom. The number of halogens is 1. The molecule has 6 heteroatoms. The Bertz CT molecular complexity index is 528. The molecule has 0 aliphatic carbocycles. The quantitative estimate of drug-likeness (QED) is 0.646. The molecule has 1 aromatic carbocycles. The van der Waals surface area contributed by atoms with Crippen LogP contribution in [0.15, 0.2) is 22.7 Å². The molecule has 0 bridgehead atoms. The van der Waals surface area contributed by atoms with Crippen LogP contribution in [-0.2, 0) is 11.3 Å². The van der Waals surface area contributed by atoms with Crippen molar-refractivity contribution in [1.29, 1.82) is 0 Å². The Hall–Kier alpha value is -1.56. The molecule has 1 saturated heterocycles. The molecule has 0 spiro atoms. The fraction of sp³-hybridized carbons (Fsp3) is 0.333. The van der Waals surface area contributed by atoms with Gasteiger partial charge in [0.25, 0.3) is 5.91 Å². The molecule has 1 aliphatic heterocycles. The Labute approximate surface area is 113 Å². The van der Waals surface area contributed by atoms with Crippen molar-refractivity contribution in [3.8, 4) is 0 Å². The van der Waals surface area contributed by atoms with E-state index >= 15 is 0 Å². The Balaban J connectivity index is 2.24. The molecule has 1 fully saturated rings. The summed E-state index contributed by atoms with van der Waals surface area (Å²) < 4.78 is 0.785. The van der Waals surface area contributed by atoms with Gasteiger partial charge in [-0.05, 0) is 31.5 Å². The Kier molecular flexibility index (Phi) is 3.06. The second-order valence-electron chi connectivity index (χ2n) is 4.80. The molecule has 96 valence electrons. The predicted octanol–water partition coefficient (Wildman–Crippen LogP) is 1.86. The van der Waals surface area contributed by atoms with Crippen molar-refractivity contribution in [2.45, 2.75) is 25.9 Å². The fourth-order valence-corrected chi connectivity index (χ4v) is 2.35. The maximum Gasteiger partial charge on any atom is 0.325 e. The third-order valence-corrected chi connectivity index (χ3v) is 3.59. The molecule has 0 radical (unpaired) electrons. The van der Waals surface area contributed by atoms with Crippen molar-refractivity contribution in [2.24, 2.45) is 0 Å². The first-order valence-electron chi connectivity index (χ1n) is 5.49. The summed E-state index contributed by atoms with van der Waals surface area (Å²) in [5, 5.41) is 2.64. The topological polar surface area (TPSA) is 75.4 Å². The minimum absolute atomic E-state index is 0.226. The largest absolute Gasteiger partial charge is 0.399 e. The number of amides is 3. The third kappa shape index (κ3) is 2.20. The van der Waals surface area contributed by atoms with E-state index in [9.17, 15) is 9.59 Å². The summed E-state index contributed by atoms with van der Waals surface area (Å²) in [6.07, 6.45) is 0. The van der Waals surface area contributed by atoms with Gasteiger partial charge < -0.3 is 11.1 Å². The zero-order valence-electron chi connectivity index (χ0n) is 10.2. The number of imide groups is 1. The number of nitrogen functional groups attached to an aromatic ring is 1. The van der Waals surface area contributed by atoms with Crippen molar-refractivity contribution in [2.75, 3.05) is 5.73 Å². The van der Waals surface area contributed by atoms with E-state index in [2.05, 4.69) is 21.2 Å². The lowest BCUT2D eigenvalue weighted by atomic mass is 10.1. The van der Waals surface area contributed by atoms with E-state index in [0.717, 1.165) is 10.0 Å². The molecule has 0 atom stereocenters. The van der Waals surface area contributed by atoms with Crippen LogP contribution in [0.4, 0.5) is 10.5 Å². The predicted molar refractivity (Wildman–Crippen MR) is 71.7 cm³/mol. The maximum atomic E-state index is 12.0. The van der Waals surface area contributed by atoms with Crippen molar-refractivity contribution >= 4 is 33.6 Å². The summed E-state index contributed by atoms with van der Waals surface area (Å²) >= 11 is 3.37. The average Bonchev–Trinajstić information content (AvgIpc) is 2.44. The van der Waals surface area contributed by atoms with Gasteiger partial charge in [0.2, 0.25) is 0 Å². The highest BCUT2D eigenvalue weighted by Crippen LogP contribution is 2.24. The molecule has 0 aromatic heterocycles. The van der Waals surface area contributed by atoms with E-state index in [1.807, 2.05) is 0 Å². The van der Waals surface area contributed by atoms with Gasteiger partial charge >= 0.3 is 6.03 Å². The van der Waals surface area contributed by atoms with E-state index in [0.29, 0.717) is 5.69 Å². The summed E-state index contributed by atoms with van der Waals surface area (Å²) in [5.74, 6) is -0.226. The fourth-order valence-electron chi connectivity index (χ4n) is 1.82. The highest BCUT2D eigenvalue weighted by molar-refractivity contribution is 9.10. The number of hydrogen-bond acceptors (Lipinski definition) is 3. The number of nitrogens with zero attached hydrogens (tertiary/aromatic N) is 1. The summed E-state index contributed by atoms with van der Waals surface area (Å²) in [4.78, 5) is 25.0. The molecule has 3 N–H and O–H groups in total. The summed E-state index contributed by atoms with van der Waals surface area (Å²) in [7, 11) is 0. The minimum atomic E-state index is -0.836. The number of anilines is 1. The van der Waals surface area contributed by atoms with Crippen molar-refractivity contribution in [1.82, 2.24) is 10.2 Å². The molecule has 0 saturated carbocycles. The monoisotopic (exact) mass is 311 g/mol. The number of nitrogens with one attached hydrogen (secondary N) is 1. The first-order valence-corrected chi connectivity index (χ1v) is 6.28. The van der Waals surface area contributed by atoms with E-state index in [1.54, 1.807) is 32.0 Å². The van der Waals surface area contributed by atoms with E-state index in [4.69, 9.17) is 5.73 Å². The van der Waals surface area contributed by atoms with Gasteiger partial charge in [-0.3, -0.25) is 9.69 Å². The summed E-state index contributed by atoms with van der Waals surface area (Å²) in [6, 6.07) is 4.92. The van der Waals surface area contributed by atoms with Gasteiger partial charge in [0.15, 0.2) is 0 Å². The van der Waals surface area contributed by atoms with Gasteiger partial charge in [-0.25, -0.2) is 4.79 Å². The van der Waals surface area contributed by atoms with E-state index < -0.39 is 5.54 Å². The van der Waals surface area contributed by atoms with Crippen molar-refractivity contribution in [3.05, 3.63) is 28.2 Å². The smallest absolute Gasteiger partial charge is 0.325 e. The van der Waals surface area contributed by atoms with Gasteiger partial charge in [-0.15, -0.1) is 0 Å². The number of carbonyl (C=O) groups excluding carboxylic acids is 2. The molecule has 1 heterocycles. The van der Waals surface area contributed by atoms with Crippen LogP contribution in [0.2, 0.25) is 0 Å². The molecule has 18 heavy (non-hydrogen) atoms. The molecule has 5 nitrogen and oxygen atoms in total. The van der Waals surface area contributed by atoms with E-state index in [-0.39, 0.29) is 18.5 Å². The van der Waals surface area contributed by atoms with Crippen LogP contribution in [0.1, 0.15) is 19.4 Å². The SMILES string of the molecule is CC1(C)NC(=O)N(Cc2ccc(N)cc2Br)C1=O. The molecule has 3 amide bonds. The first kappa shape index (κ1) is 12.9. The van der Waals surface area contributed by atoms with E-state index in [1.165, 1.54) is 4.90 Å². The standard InChI is InChI=1S/C12H14BrN3O2/c1-12(2)10(17)16(11(18)15-12)6-7-3-4-8(14)5-9(7)13/h3-5H,6,14H2,1-2H3,(H,15,18). The minimum Gasteiger partial charge on any atom is -0.399 e. The Morgan fingerprint density at radius 3 is 2.56 bits per heavy atom. The lowest BCUT2D eigenvalue weighted by molar-refractivity contribution is -0.130. The lowest BCUT2D eigenvalue weighted by Crippen LogP contribution is -2.40. The number of carbonyl (C=O) groups is 2. The van der Waals surface area contributed by atoms with Crippen LogP contribution in [0.3, 0.4) is 0 Å². The van der Waals surface area contributed by atoms with Gasteiger partial charge in [-0.1, -0.05) is 22.0 Å². The third-order valence-electron chi connectivity index (χ3n) is 2.85. The van der Waals surface area contributed by atoms with Crippen LogP contribution >= 0.6 is 15.9 Å². The number of hydrogen-bond donors (Lipinski definition) is 2. The molecular formula is C12H14BrN3O2. The van der Waals surface area contributed by atoms with Crippen LogP contribution in [0, 0.1) is 0 Å². The average molecular weight is 312 g/mol. The van der Waals surface area contributed by atoms with Crippen LogP contribution < -0.4 is 11.1 Å². The first-order chi connectivity index (χ1) is 8.31. The Morgan fingerprint density at radius 2 is 2.06 bits per heavy atom. The zero-order valence-corrected chi connectivity index (χ0v) is 11.7. The molecule has 1 aliphatic rings. The summed E-state index contributed by atoms with van der Waals surface area (Å²) in [5.41, 5.74) is 6.27. The maximum absolute atomic E-state index is 12.0.